The van der Waals surface area contributed by atoms with Gasteiger partial charge in [0.2, 0.25) is 0 Å². The van der Waals surface area contributed by atoms with Crippen LogP contribution in [0.15, 0.2) is 72.8 Å². The molecule has 3 rings (SSSR count). The summed E-state index contributed by atoms with van der Waals surface area (Å²) in [6, 6.07) is 19.4. The molecule has 2 atom stereocenters. The molecule has 0 aliphatic heterocycles. The second-order valence-electron chi connectivity index (χ2n) is 11.4. The molecule has 0 aliphatic rings. The quantitative estimate of drug-likeness (QED) is 0.0678. The second-order valence-corrected chi connectivity index (χ2v) is 11.4. The van der Waals surface area contributed by atoms with Gasteiger partial charge >= 0.3 is 23.9 Å². The molecule has 3 aromatic carbocycles. The summed E-state index contributed by atoms with van der Waals surface area (Å²) in [4.78, 5) is 48.6. The molecule has 0 bridgehead atoms. The largest absolute Gasteiger partial charge is 0.494 e. The Morgan fingerprint density at radius 1 is 0.479 bits per heavy atom. The number of carbonyl (C=O) groups excluding carboxylic acids is 4. The molecule has 0 heterocycles. The molecule has 0 saturated carbocycles. The number of benzene rings is 3. The third-order valence-corrected chi connectivity index (χ3v) is 7.56. The van der Waals surface area contributed by atoms with Crippen LogP contribution in [0.4, 0.5) is 0 Å². The minimum absolute atomic E-state index is 0.0871. The van der Waals surface area contributed by atoms with Crippen LogP contribution in [0.2, 0.25) is 0 Å². The first-order valence-electron chi connectivity index (χ1n) is 16.5. The van der Waals surface area contributed by atoms with Crippen LogP contribution in [-0.2, 0) is 19.1 Å². The van der Waals surface area contributed by atoms with Gasteiger partial charge in [0.15, 0.2) is 0 Å². The van der Waals surface area contributed by atoms with Crippen LogP contribution in [-0.4, -0.2) is 50.3 Å². The number of hydrogen-bond donors (Lipinski definition) is 0. The van der Waals surface area contributed by atoms with Crippen molar-refractivity contribution in [3.05, 3.63) is 83.9 Å². The summed E-state index contributed by atoms with van der Waals surface area (Å²) in [6.45, 7) is 9.26. The Balaban J connectivity index is 1.34. The summed E-state index contributed by atoms with van der Waals surface area (Å²) >= 11 is 0. The van der Waals surface area contributed by atoms with Gasteiger partial charge in [-0.1, -0.05) is 27.7 Å². The predicted molar refractivity (Wildman–Crippen MR) is 180 cm³/mol. The van der Waals surface area contributed by atoms with Gasteiger partial charge in [0.25, 0.3) is 0 Å². The number of rotatable bonds is 20. The van der Waals surface area contributed by atoms with Crippen LogP contribution in [0, 0.1) is 11.8 Å². The molecular formula is C38H46O10. The Morgan fingerprint density at radius 3 is 1.12 bits per heavy atom. The summed E-state index contributed by atoms with van der Waals surface area (Å²) in [5.41, 5.74) is 0.703. The highest BCUT2D eigenvalue weighted by molar-refractivity contribution is 5.92. The van der Waals surface area contributed by atoms with Crippen molar-refractivity contribution in [2.24, 2.45) is 11.8 Å². The van der Waals surface area contributed by atoms with Crippen LogP contribution >= 0.6 is 0 Å². The zero-order valence-electron chi connectivity index (χ0n) is 28.2. The lowest BCUT2D eigenvalue weighted by molar-refractivity contribution is -0.149. The average Bonchev–Trinajstić information content (AvgIpc) is 3.11. The van der Waals surface area contributed by atoms with Gasteiger partial charge in [-0.15, -0.1) is 0 Å². The molecule has 10 heteroatoms. The van der Waals surface area contributed by atoms with E-state index in [0.717, 1.165) is 25.7 Å². The molecular weight excluding hydrogens is 616 g/mol. The van der Waals surface area contributed by atoms with Gasteiger partial charge in [-0.3, -0.25) is 9.59 Å². The monoisotopic (exact) mass is 662 g/mol. The fraction of sp³-hybridized carbons (Fsp3) is 0.421. The molecule has 2 unspecified atom stereocenters. The summed E-state index contributed by atoms with van der Waals surface area (Å²) in [5, 5.41) is 0. The van der Waals surface area contributed by atoms with E-state index in [4.69, 9.17) is 28.4 Å². The van der Waals surface area contributed by atoms with Crippen molar-refractivity contribution in [1.29, 1.82) is 0 Å². The molecule has 0 fully saturated rings. The van der Waals surface area contributed by atoms with E-state index >= 15 is 0 Å². The minimum Gasteiger partial charge on any atom is -0.494 e. The van der Waals surface area contributed by atoms with Crippen molar-refractivity contribution in [2.45, 2.75) is 66.2 Å². The van der Waals surface area contributed by atoms with Gasteiger partial charge in [0, 0.05) is 0 Å². The van der Waals surface area contributed by atoms with Crippen molar-refractivity contribution < 1.29 is 47.6 Å². The molecule has 0 N–H and O–H groups in total. The van der Waals surface area contributed by atoms with E-state index in [1.807, 2.05) is 27.7 Å². The second kappa shape index (κ2) is 20.4. The Labute approximate surface area is 282 Å². The van der Waals surface area contributed by atoms with E-state index < -0.39 is 11.9 Å². The van der Waals surface area contributed by atoms with Gasteiger partial charge in [-0.25, -0.2) is 9.59 Å². The molecule has 0 aliphatic carbocycles. The molecule has 258 valence electrons. The molecule has 0 spiro atoms. The van der Waals surface area contributed by atoms with Crippen molar-refractivity contribution in [3.8, 4) is 23.0 Å². The maximum atomic E-state index is 12.6. The zero-order chi connectivity index (χ0) is 34.7. The maximum absolute atomic E-state index is 12.6. The Morgan fingerprint density at radius 2 is 0.792 bits per heavy atom. The van der Waals surface area contributed by atoms with Crippen LogP contribution in [0.25, 0.3) is 0 Å². The van der Waals surface area contributed by atoms with Gasteiger partial charge in [-0.05, 0) is 111 Å². The molecule has 0 radical (unpaired) electrons. The molecule has 3 aromatic rings. The normalized spacial score (nSPS) is 11.9. The Bertz CT molecular complexity index is 1320. The molecule has 0 amide bonds. The highest BCUT2D eigenvalue weighted by Gasteiger charge is 2.14. The Hall–Kier alpha value is -4.86. The molecule has 10 nitrogen and oxygen atoms in total. The SMILES string of the molecule is CCC(C)C(=O)OCCCCOc1ccc(C(=O)Oc2ccc(OC(=O)c3ccc(OCCCCOC(=O)C(C)CC)cc3)cc2)cc1. The lowest BCUT2D eigenvalue weighted by Crippen LogP contribution is -2.15. The van der Waals surface area contributed by atoms with E-state index in [1.165, 1.54) is 0 Å². The van der Waals surface area contributed by atoms with Gasteiger partial charge < -0.3 is 28.4 Å². The first-order chi connectivity index (χ1) is 23.2. The highest BCUT2D eigenvalue weighted by Crippen LogP contribution is 2.22. The van der Waals surface area contributed by atoms with Gasteiger partial charge in [0.05, 0.1) is 49.4 Å². The molecule has 48 heavy (non-hydrogen) atoms. The summed E-state index contributed by atoms with van der Waals surface area (Å²) in [6.07, 6.45) is 4.38. The lowest BCUT2D eigenvalue weighted by Gasteiger charge is -2.10. The van der Waals surface area contributed by atoms with Crippen molar-refractivity contribution in [3.63, 3.8) is 0 Å². The number of ether oxygens (including phenoxy) is 6. The Kier molecular flexibility index (Phi) is 16.0. The van der Waals surface area contributed by atoms with E-state index in [-0.39, 0.29) is 23.8 Å². The number of esters is 4. The van der Waals surface area contributed by atoms with Gasteiger partial charge in [0.1, 0.15) is 23.0 Å². The topological polar surface area (TPSA) is 124 Å². The van der Waals surface area contributed by atoms with E-state index in [2.05, 4.69) is 0 Å². The fourth-order valence-corrected chi connectivity index (χ4v) is 4.03. The van der Waals surface area contributed by atoms with Crippen LogP contribution in [0.1, 0.15) is 86.9 Å². The summed E-state index contributed by atoms with van der Waals surface area (Å²) in [7, 11) is 0. The van der Waals surface area contributed by atoms with E-state index in [1.54, 1.807) is 72.8 Å². The van der Waals surface area contributed by atoms with Crippen molar-refractivity contribution in [2.75, 3.05) is 26.4 Å². The van der Waals surface area contributed by atoms with Crippen LogP contribution in [0.5, 0.6) is 23.0 Å². The third-order valence-electron chi connectivity index (χ3n) is 7.56. The fourth-order valence-electron chi connectivity index (χ4n) is 4.03. The van der Waals surface area contributed by atoms with Crippen LogP contribution in [0.3, 0.4) is 0 Å². The predicted octanol–water partition coefficient (Wildman–Crippen LogP) is 7.62. The maximum Gasteiger partial charge on any atom is 0.343 e. The van der Waals surface area contributed by atoms with Gasteiger partial charge in [-0.2, -0.15) is 0 Å². The minimum atomic E-state index is -0.540. The third kappa shape index (κ3) is 13.1. The smallest absolute Gasteiger partial charge is 0.343 e. The number of hydrogen-bond acceptors (Lipinski definition) is 10. The van der Waals surface area contributed by atoms with Crippen molar-refractivity contribution >= 4 is 23.9 Å². The first-order valence-corrected chi connectivity index (χ1v) is 16.5. The first kappa shape index (κ1) is 37.6. The number of carbonyl (C=O) groups is 4. The molecule has 0 saturated heterocycles. The molecule has 0 aromatic heterocycles. The lowest BCUT2D eigenvalue weighted by atomic mass is 10.1. The van der Waals surface area contributed by atoms with E-state index in [0.29, 0.717) is 73.4 Å². The summed E-state index contributed by atoms with van der Waals surface area (Å²) in [5.74, 6) is 0.222. The standard InChI is InChI=1S/C38H46O10/c1-5-27(3)35(39)45-25-9-7-23-43-31-15-11-29(12-16-31)37(41)47-33-19-21-34(22-20-33)48-38(42)30-13-17-32(18-14-30)44-24-8-10-26-46-36(40)28(4)6-2/h11-22,27-28H,5-10,23-26H2,1-4H3. The van der Waals surface area contributed by atoms with Crippen molar-refractivity contribution in [1.82, 2.24) is 0 Å². The number of unbranched alkanes of at least 4 members (excludes halogenated alkanes) is 2. The average molecular weight is 663 g/mol. The zero-order valence-corrected chi connectivity index (χ0v) is 28.2. The van der Waals surface area contributed by atoms with Crippen LogP contribution < -0.4 is 18.9 Å². The van der Waals surface area contributed by atoms with E-state index in [9.17, 15) is 19.2 Å². The highest BCUT2D eigenvalue weighted by atomic mass is 16.5. The summed E-state index contributed by atoms with van der Waals surface area (Å²) < 4.78 is 32.8.